The van der Waals surface area contributed by atoms with Gasteiger partial charge in [-0.15, -0.1) is 0 Å². The third kappa shape index (κ3) is 35.2. The van der Waals surface area contributed by atoms with Crippen LogP contribution in [0.15, 0.2) is 12.7 Å². The van der Waals surface area contributed by atoms with Gasteiger partial charge in [-0.25, -0.2) is 4.79 Å². The molecule has 1 unspecified atom stereocenters. The molecule has 1 rings (SSSR count). The number of carboxylic acids is 1. The minimum Gasteiger partial charge on any atom is -0.478 e. The van der Waals surface area contributed by atoms with Gasteiger partial charge in [-0.1, -0.05) is 26.8 Å². The third-order valence-electron chi connectivity index (χ3n) is 0.675. The van der Waals surface area contributed by atoms with Crippen molar-refractivity contribution in [3.8, 4) is 0 Å². The van der Waals surface area contributed by atoms with Crippen molar-refractivity contribution in [2.24, 2.45) is 0 Å². The van der Waals surface area contributed by atoms with Gasteiger partial charge in [0.25, 0.3) is 0 Å². The second-order valence-electron chi connectivity index (χ2n) is 2.39. The van der Waals surface area contributed by atoms with E-state index in [1.165, 1.54) is 6.42 Å². The predicted molar refractivity (Wildman–Crippen MR) is 49.2 cm³/mol. The quantitative estimate of drug-likeness (QED) is 0.489. The molecule has 0 amide bonds. The van der Waals surface area contributed by atoms with Crippen LogP contribution in [-0.2, 0) is 9.53 Å². The van der Waals surface area contributed by atoms with Gasteiger partial charge in [-0.2, -0.15) is 0 Å². The Morgan fingerprint density at radius 1 is 1.75 bits per heavy atom. The Balaban J connectivity index is 0. The van der Waals surface area contributed by atoms with Crippen LogP contribution in [0.4, 0.5) is 0 Å². The molecule has 3 nitrogen and oxygen atoms in total. The minimum atomic E-state index is -0.981. The van der Waals surface area contributed by atoms with Crippen molar-refractivity contribution >= 4 is 5.97 Å². The molecule has 0 spiro atoms. The first-order valence-corrected chi connectivity index (χ1v) is 4.05. The van der Waals surface area contributed by atoms with Crippen LogP contribution >= 0.6 is 0 Å². The van der Waals surface area contributed by atoms with E-state index in [1.807, 2.05) is 0 Å². The second-order valence-corrected chi connectivity index (χ2v) is 2.39. The van der Waals surface area contributed by atoms with Crippen LogP contribution in [0, 0.1) is 0 Å². The number of epoxide rings is 1. The van der Waals surface area contributed by atoms with Gasteiger partial charge in [-0.05, 0) is 6.92 Å². The van der Waals surface area contributed by atoms with Gasteiger partial charge in [-0.3, -0.25) is 0 Å². The highest BCUT2D eigenvalue weighted by Crippen LogP contribution is 2.04. The average Bonchev–Trinajstić information content (AvgIpc) is 2.75. The van der Waals surface area contributed by atoms with Crippen molar-refractivity contribution in [1.29, 1.82) is 0 Å². The SMILES string of the molecule is C=CC(=O)O.CC1CO1.CCC. The summed E-state index contributed by atoms with van der Waals surface area (Å²) >= 11 is 0. The van der Waals surface area contributed by atoms with E-state index in [0.29, 0.717) is 6.10 Å². The van der Waals surface area contributed by atoms with E-state index in [0.717, 1.165) is 12.7 Å². The zero-order valence-electron chi connectivity index (χ0n) is 8.04. The summed E-state index contributed by atoms with van der Waals surface area (Å²) in [5.41, 5.74) is 0. The lowest BCUT2D eigenvalue weighted by Gasteiger charge is -1.64. The topological polar surface area (TPSA) is 49.8 Å². The maximum Gasteiger partial charge on any atom is 0.327 e. The first kappa shape index (κ1) is 13.7. The summed E-state index contributed by atoms with van der Waals surface area (Å²) in [4.78, 5) is 9.25. The molecule has 3 heteroatoms. The van der Waals surface area contributed by atoms with E-state index in [1.54, 1.807) is 0 Å². The van der Waals surface area contributed by atoms with Gasteiger partial charge in [0.15, 0.2) is 0 Å². The smallest absolute Gasteiger partial charge is 0.327 e. The molecule has 1 heterocycles. The fourth-order valence-electron chi connectivity index (χ4n) is 0.0962. The first-order chi connectivity index (χ1) is 5.58. The lowest BCUT2D eigenvalue weighted by atomic mass is 10.6. The van der Waals surface area contributed by atoms with Crippen molar-refractivity contribution in [3.05, 3.63) is 12.7 Å². The van der Waals surface area contributed by atoms with Gasteiger partial charge >= 0.3 is 5.97 Å². The van der Waals surface area contributed by atoms with E-state index in [4.69, 9.17) is 9.84 Å². The summed E-state index contributed by atoms with van der Waals surface area (Å²) in [7, 11) is 0. The molecule has 0 bridgehead atoms. The first-order valence-electron chi connectivity index (χ1n) is 4.05. The van der Waals surface area contributed by atoms with Gasteiger partial charge in [0, 0.05) is 6.08 Å². The maximum absolute atomic E-state index is 9.25. The zero-order valence-corrected chi connectivity index (χ0v) is 8.04. The van der Waals surface area contributed by atoms with Crippen LogP contribution in [0.25, 0.3) is 0 Å². The zero-order chi connectivity index (χ0) is 9.98. The molecule has 0 aromatic carbocycles. The second kappa shape index (κ2) is 10.2. The van der Waals surface area contributed by atoms with Crippen molar-refractivity contribution in [2.45, 2.75) is 33.3 Å². The average molecular weight is 174 g/mol. The highest BCUT2D eigenvalue weighted by atomic mass is 16.6. The van der Waals surface area contributed by atoms with Gasteiger partial charge in [0.05, 0.1) is 12.7 Å². The summed E-state index contributed by atoms with van der Waals surface area (Å²) in [5, 5.41) is 7.60. The molecule has 1 aliphatic rings. The molecule has 0 aromatic rings. The molecular weight excluding hydrogens is 156 g/mol. The maximum atomic E-state index is 9.25. The third-order valence-corrected chi connectivity index (χ3v) is 0.675. The lowest BCUT2D eigenvalue weighted by Crippen LogP contribution is -1.82. The molecule has 1 fully saturated rings. The Morgan fingerprint density at radius 2 is 1.92 bits per heavy atom. The number of carbonyl (C=O) groups is 1. The van der Waals surface area contributed by atoms with Crippen LogP contribution in [0.3, 0.4) is 0 Å². The molecule has 12 heavy (non-hydrogen) atoms. The van der Waals surface area contributed by atoms with E-state index in [9.17, 15) is 4.79 Å². The Bertz CT molecular complexity index is 117. The molecule has 1 saturated heterocycles. The van der Waals surface area contributed by atoms with Crippen LogP contribution < -0.4 is 0 Å². The summed E-state index contributed by atoms with van der Waals surface area (Å²) < 4.78 is 4.71. The van der Waals surface area contributed by atoms with E-state index in [2.05, 4.69) is 27.4 Å². The highest BCUT2D eigenvalue weighted by Gasteiger charge is 2.13. The number of carboxylic acid groups (broad SMARTS) is 1. The number of rotatable bonds is 1. The van der Waals surface area contributed by atoms with Crippen molar-refractivity contribution in [1.82, 2.24) is 0 Å². The summed E-state index contributed by atoms with van der Waals surface area (Å²) in [6.07, 6.45) is 2.67. The predicted octanol–water partition coefficient (Wildman–Crippen LogP) is 2.08. The van der Waals surface area contributed by atoms with Gasteiger partial charge < -0.3 is 9.84 Å². The molecule has 72 valence electrons. The summed E-state index contributed by atoms with van der Waals surface area (Å²) in [6.45, 7) is 10.3. The molecular formula is C9H18O3. The van der Waals surface area contributed by atoms with E-state index >= 15 is 0 Å². The summed E-state index contributed by atoms with van der Waals surface area (Å²) in [5.74, 6) is -0.981. The number of aliphatic carboxylic acids is 1. The van der Waals surface area contributed by atoms with Crippen molar-refractivity contribution < 1.29 is 14.6 Å². The molecule has 0 aliphatic carbocycles. The van der Waals surface area contributed by atoms with E-state index in [-0.39, 0.29) is 0 Å². The van der Waals surface area contributed by atoms with Gasteiger partial charge in [0.1, 0.15) is 0 Å². The Kier molecular flexibility index (Phi) is 11.6. The molecule has 0 saturated carbocycles. The molecule has 0 aromatic heterocycles. The van der Waals surface area contributed by atoms with Crippen LogP contribution in [0.2, 0.25) is 0 Å². The fraction of sp³-hybridized carbons (Fsp3) is 0.667. The molecule has 1 N–H and O–H groups in total. The van der Waals surface area contributed by atoms with Crippen LogP contribution in [0.1, 0.15) is 27.2 Å². The number of hydrogen-bond acceptors (Lipinski definition) is 2. The fourth-order valence-corrected chi connectivity index (χ4v) is 0.0962. The lowest BCUT2D eigenvalue weighted by molar-refractivity contribution is -0.131. The van der Waals surface area contributed by atoms with Crippen molar-refractivity contribution in [3.63, 3.8) is 0 Å². The number of hydrogen-bond donors (Lipinski definition) is 1. The largest absolute Gasteiger partial charge is 0.478 e. The Morgan fingerprint density at radius 3 is 1.92 bits per heavy atom. The minimum absolute atomic E-state index is 0.583. The van der Waals surface area contributed by atoms with Crippen molar-refractivity contribution in [2.75, 3.05) is 6.61 Å². The van der Waals surface area contributed by atoms with Crippen LogP contribution in [0.5, 0.6) is 0 Å². The highest BCUT2D eigenvalue weighted by molar-refractivity contribution is 5.78. The molecule has 1 atom stereocenters. The standard InChI is InChI=1S/C3H4O2.C3H6O.C3H8/c1-2-3(4)5;1-3-2-4-3;1-3-2/h2H,1H2,(H,4,5);3H,2H2,1H3;3H2,1-2H3. The Labute approximate surface area is 74.0 Å². The van der Waals surface area contributed by atoms with Crippen LogP contribution in [-0.4, -0.2) is 23.8 Å². The number of ether oxygens (including phenoxy) is 1. The molecule has 0 radical (unpaired) electrons. The molecule has 1 aliphatic heterocycles. The Hall–Kier alpha value is -0.830. The normalized spacial score (nSPS) is 17.4. The van der Waals surface area contributed by atoms with Gasteiger partial charge in [0.2, 0.25) is 0 Å². The summed E-state index contributed by atoms with van der Waals surface area (Å²) in [6, 6.07) is 0. The van der Waals surface area contributed by atoms with E-state index < -0.39 is 5.97 Å². The monoisotopic (exact) mass is 174 g/mol.